The maximum absolute atomic E-state index is 12.4. The van der Waals surface area contributed by atoms with Gasteiger partial charge in [0.15, 0.2) is 6.10 Å². The number of urea groups is 1. The Kier molecular flexibility index (Phi) is 4.98. The highest BCUT2D eigenvalue weighted by Crippen LogP contribution is 2.19. The first-order valence-corrected chi connectivity index (χ1v) is 7.24. The van der Waals surface area contributed by atoms with Crippen LogP contribution in [0, 0.1) is 13.8 Å². The number of aryl methyl sites for hydroxylation is 1. The number of carbonyl (C=O) groups is 3. The SMILES string of the molecule is Cc1nn(-c2ccccc2)c(C)c1C(=O)O[C@H](C)C(=O)NC(N)=O. The zero-order valence-corrected chi connectivity index (χ0v) is 13.6. The number of ether oxygens (including phenoxy) is 1. The molecule has 0 radical (unpaired) electrons. The number of primary amides is 1. The lowest BCUT2D eigenvalue weighted by molar-refractivity contribution is -0.127. The van der Waals surface area contributed by atoms with Crippen molar-refractivity contribution in [1.82, 2.24) is 15.1 Å². The van der Waals surface area contributed by atoms with Gasteiger partial charge in [-0.25, -0.2) is 14.3 Å². The first-order valence-electron chi connectivity index (χ1n) is 7.24. The molecule has 8 heteroatoms. The first-order chi connectivity index (χ1) is 11.3. The Morgan fingerprint density at radius 1 is 1.21 bits per heavy atom. The van der Waals surface area contributed by atoms with Gasteiger partial charge in [0, 0.05) is 0 Å². The van der Waals surface area contributed by atoms with Gasteiger partial charge in [0.05, 0.1) is 17.1 Å². The molecule has 0 bridgehead atoms. The topological polar surface area (TPSA) is 116 Å². The number of hydrogen-bond acceptors (Lipinski definition) is 5. The molecule has 3 amide bonds. The van der Waals surface area contributed by atoms with Crippen LogP contribution in [0.1, 0.15) is 28.7 Å². The Balaban J connectivity index is 2.23. The van der Waals surface area contributed by atoms with Crippen LogP contribution in [0.3, 0.4) is 0 Å². The smallest absolute Gasteiger partial charge is 0.342 e. The number of aromatic nitrogens is 2. The monoisotopic (exact) mass is 330 g/mol. The third-order valence-corrected chi connectivity index (χ3v) is 3.40. The zero-order valence-electron chi connectivity index (χ0n) is 13.6. The van der Waals surface area contributed by atoms with Gasteiger partial charge >= 0.3 is 12.0 Å². The number of nitrogens with one attached hydrogen (secondary N) is 1. The third-order valence-electron chi connectivity index (χ3n) is 3.40. The average Bonchev–Trinajstić information content (AvgIpc) is 2.82. The Hall–Kier alpha value is -3.16. The average molecular weight is 330 g/mol. The molecule has 0 fully saturated rings. The van der Waals surface area contributed by atoms with Crippen molar-refractivity contribution in [2.24, 2.45) is 5.73 Å². The van der Waals surface area contributed by atoms with Crippen molar-refractivity contribution in [3.05, 3.63) is 47.3 Å². The van der Waals surface area contributed by atoms with Crippen molar-refractivity contribution >= 4 is 17.9 Å². The normalized spacial score (nSPS) is 11.6. The minimum absolute atomic E-state index is 0.276. The maximum atomic E-state index is 12.4. The second-order valence-corrected chi connectivity index (χ2v) is 5.19. The number of carbonyl (C=O) groups excluding carboxylic acids is 3. The fourth-order valence-corrected chi connectivity index (χ4v) is 2.25. The molecule has 0 saturated carbocycles. The summed E-state index contributed by atoms with van der Waals surface area (Å²) < 4.78 is 6.72. The molecule has 1 heterocycles. The summed E-state index contributed by atoms with van der Waals surface area (Å²) in [5.41, 5.74) is 7.01. The van der Waals surface area contributed by atoms with Crippen molar-refractivity contribution in [1.29, 1.82) is 0 Å². The van der Waals surface area contributed by atoms with E-state index in [9.17, 15) is 14.4 Å². The second-order valence-electron chi connectivity index (χ2n) is 5.19. The molecule has 2 aromatic rings. The first kappa shape index (κ1) is 17.2. The van der Waals surface area contributed by atoms with Gasteiger partial charge in [-0.1, -0.05) is 18.2 Å². The third kappa shape index (κ3) is 3.60. The second kappa shape index (κ2) is 6.95. The fourth-order valence-electron chi connectivity index (χ4n) is 2.25. The van der Waals surface area contributed by atoms with Gasteiger partial charge in [0.1, 0.15) is 5.56 Å². The van der Waals surface area contributed by atoms with E-state index in [1.54, 1.807) is 18.5 Å². The molecule has 24 heavy (non-hydrogen) atoms. The molecular weight excluding hydrogens is 312 g/mol. The number of rotatable bonds is 4. The summed E-state index contributed by atoms with van der Waals surface area (Å²) in [5, 5.41) is 6.20. The number of benzene rings is 1. The number of nitrogens with two attached hydrogens (primary N) is 1. The van der Waals surface area contributed by atoms with Gasteiger partial charge in [-0.15, -0.1) is 0 Å². The van der Waals surface area contributed by atoms with E-state index >= 15 is 0 Å². The summed E-state index contributed by atoms with van der Waals surface area (Å²) in [4.78, 5) is 34.6. The summed E-state index contributed by atoms with van der Waals surface area (Å²) in [5.74, 6) is -1.49. The zero-order chi connectivity index (χ0) is 17.9. The quantitative estimate of drug-likeness (QED) is 0.818. The molecule has 0 spiro atoms. The van der Waals surface area contributed by atoms with Crippen molar-refractivity contribution in [3.63, 3.8) is 0 Å². The summed E-state index contributed by atoms with van der Waals surface area (Å²) in [7, 11) is 0. The number of nitrogens with zero attached hydrogens (tertiary/aromatic N) is 2. The molecule has 0 aliphatic rings. The van der Waals surface area contributed by atoms with E-state index < -0.39 is 24.0 Å². The predicted octanol–water partition coefficient (Wildman–Crippen LogP) is 1.23. The summed E-state index contributed by atoms with van der Waals surface area (Å²) in [6.07, 6.45) is -1.16. The molecule has 0 saturated heterocycles. The molecule has 0 unspecified atom stereocenters. The molecule has 8 nitrogen and oxygen atoms in total. The van der Waals surface area contributed by atoms with E-state index in [1.807, 2.05) is 35.6 Å². The van der Waals surface area contributed by atoms with E-state index in [4.69, 9.17) is 10.5 Å². The number of imide groups is 1. The van der Waals surface area contributed by atoms with Crippen LogP contribution in [0.15, 0.2) is 30.3 Å². The van der Waals surface area contributed by atoms with E-state index in [0.717, 1.165) is 5.69 Å². The molecule has 1 atom stereocenters. The molecule has 126 valence electrons. The van der Waals surface area contributed by atoms with Crippen LogP contribution in [0.4, 0.5) is 4.79 Å². The van der Waals surface area contributed by atoms with Crippen molar-refractivity contribution < 1.29 is 19.1 Å². The van der Waals surface area contributed by atoms with Crippen molar-refractivity contribution in [3.8, 4) is 5.69 Å². The Labute approximate surface area is 138 Å². The minimum Gasteiger partial charge on any atom is -0.449 e. The van der Waals surface area contributed by atoms with Crippen LogP contribution < -0.4 is 11.1 Å². The number of esters is 1. The highest BCUT2D eigenvalue weighted by molar-refractivity contribution is 5.98. The van der Waals surface area contributed by atoms with Gasteiger partial charge in [0.25, 0.3) is 5.91 Å². The minimum atomic E-state index is -1.16. The van der Waals surface area contributed by atoms with Gasteiger partial charge in [0.2, 0.25) is 0 Å². The van der Waals surface area contributed by atoms with Gasteiger partial charge in [-0.2, -0.15) is 5.10 Å². The van der Waals surface area contributed by atoms with Gasteiger partial charge in [-0.3, -0.25) is 10.1 Å². The van der Waals surface area contributed by atoms with Crippen LogP contribution in [0.25, 0.3) is 5.69 Å². The van der Waals surface area contributed by atoms with E-state index in [0.29, 0.717) is 11.4 Å². The number of amides is 3. The maximum Gasteiger partial charge on any atom is 0.342 e. The predicted molar refractivity (Wildman–Crippen MR) is 85.6 cm³/mol. The molecule has 0 aliphatic heterocycles. The fraction of sp³-hybridized carbons (Fsp3) is 0.250. The summed E-state index contributed by atoms with van der Waals surface area (Å²) in [6.45, 7) is 4.76. The highest BCUT2D eigenvalue weighted by Gasteiger charge is 2.25. The van der Waals surface area contributed by atoms with Crippen LogP contribution in [-0.4, -0.2) is 33.8 Å². The van der Waals surface area contributed by atoms with E-state index in [1.165, 1.54) is 6.92 Å². The Morgan fingerprint density at radius 3 is 2.42 bits per heavy atom. The summed E-state index contributed by atoms with van der Waals surface area (Å²) >= 11 is 0. The molecule has 1 aromatic heterocycles. The van der Waals surface area contributed by atoms with E-state index in [-0.39, 0.29) is 5.56 Å². The molecule has 3 N–H and O–H groups in total. The van der Waals surface area contributed by atoms with Crippen molar-refractivity contribution in [2.45, 2.75) is 26.9 Å². The highest BCUT2D eigenvalue weighted by atomic mass is 16.5. The van der Waals surface area contributed by atoms with Crippen LogP contribution in [0.5, 0.6) is 0 Å². The summed E-state index contributed by atoms with van der Waals surface area (Å²) in [6, 6.07) is 8.31. The van der Waals surface area contributed by atoms with Crippen LogP contribution in [-0.2, 0) is 9.53 Å². The molecule has 2 rings (SSSR count). The number of para-hydroxylation sites is 1. The lowest BCUT2D eigenvalue weighted by Crippen LogP contribution is -2.42. The van der Waals surface area contributed by atoms with Gasteiger partial charge < -0.3 is 10.5 Å². The lowest BCUT2D eigenvalue weighted by Gasteiger charge is -2.12. The lowest BCUT2D eigenvalue weighted by atomic mass is 10.2. The van der Waals surface area contributed by atoms with Crippen LogP contribution in [0.2, 0.25) is 0 Å². The van der Waals surface area contributed by atoms with Gasteiger partial charge in [-0.05, 0) is 32.9 Å². The van der Waals surface area contributed by atoms with E-state index in [2.05, 4.69) is 5.10 Å². The Bertz CT molecular complexity index is 783. The van der Waals surface area contributed by atoms with Crippen LogP contribution >= 0.6 is 0 Å². The molecule has 0 aliphatic carbocycles. The molecular formula is C16H18N4O4. The van der Waals surface area contributed by atoms with Crippen molar-refractivity contribution in [2.75, 3.05) is 0 Å². The largest absolute Gasteiger partial charge is 0.449 e. The molecule has 1 aromatic carbocycles. The standard InChI is InChI=1S/C16H18N4O4/c1-9-13(15(22)24-11(3)14(21)18-16(17)23)10(2)20(19-9)12-7-5-4-6-8-12/h4-8,11H,1-3H3,(H3,17,18,21,23)/t11-/m1/s1. The number of hydrogen-bond donors (Lipinski definition) is 2. The Morgan fingerprint density at radius 2 is 1.83 bits per heavy atom.